The molecule has 8 aromatic rings. The number of aryl methyl sites for hydroxylation is 5. The highest BCUT2D eigenvalue weighted by atomic mass is 16.5. The average Bonchev–Trinajstić information content (AvgIpc) is 4.11. The second-order valence-electron chi connectivity index (χ2n) is 15.6. The number of nitrogens with two attached hydrogens (primary N) is 1. The number of ether oxygens (including phenoxy) is 1. The smallest absolute Gasteiger partial charge is 0.379 e. The zero-order chi connectivity index (χ0) is 42.2. The first-order valence-corrected chi connectivity index (χ1v) is 20.5. The molecule has 3 aliphatic rings. The molecule has 0 spiro atoms. The van der Waals surface area contributed by atoms with Crippen molar-refractivity contribution in [3.63, 3.8) is 0 Å². The topological polar surface area (TPSA) is 174 Å². The van der Waals surface area contributed by atoms with Gasteiger partial charge in [0.05, 0.1) is 29.3 Å². The van der Waals surface area contributed by atoms with E-state index in [-0.39, 0.29) is 17.7 Å². The van der Waals surface area contributed by atoms with E-state index in [2.05, 4.69) is 77.9 Å². The highest BCUT2D eigenvalue weighted by molar-refractivity contribution is 6.43. The number of H-pyrrole nitrogens is 2. The molecule has 0 radical (unpaired) electrons. The summed E-state index contributed by atoms with van der Waals surface area (Å²) in [6.45, 7) is 2.08. The maximum atomic E-state index is 12.7. The van der Waals surface area contributed by atoms with Crippen molar-refractivity contribution in [3.8, 4) is 0 Å². The first-order valence-electron chi connectivity index (χ1n) is 20.5. The van der Waals surface area contributed by atoms with Crippen LogP contribution in [-0.4, -0.2) is 55.7 Å². The van der Waals surface area contributed by atoms with Gasteiger partial charge >= 0.3 is 5.97 Å². The van der Waals surface area contributed by atoms with E-state index < -0.39 is 11.8 Å². The largest absolute Gasteiger partial charge is 0.463 e. The molecule has 12 heteroatoms. The number of carbonyl (C=O) groups is 5. The third kappa shape index (κ3) is 7.30. The van der Waals surface area contributed by atoms with Crippen LogP contribution in [0.3, 0.4) is 0 Å². The van der Waals surface area contributed by atoms with Gasteiger partial charge in [-0.25, -0.2) is 4.79 Å². The molecule has 11 rings (SSSR count). The summed E-state index contributed by atoms with van der Waals surface area (Å²) >= 11 is 0. The van der Waals surface area contributed by atoms with Gasteiger partial charge in [0.1, 0.15) is 0 Å². The van der Waals surface area contributed by atoms with Crippen LogP contribution in [0.25, 0.3) is 49.2 Å². The van der Waals surface area contributed by atoms with Gasteiger partial charge in [0.25, 0.3) is 17.6 Å². The van der Waals surface area contributed by atoms with Crippen molar-refractivity contribution in [1.82, 2.24) is 24.4 Å². The highest BCUT2D eigenvalue weighted by Gasteiger charge is 2.33. The number of aromatic nitrogens is 4. The van der Waals surface area contributed by atoms with Crippen LogP contribution in [0.5, 0.6) is 0 Å². The van der Waals surface area contributed by atoms with Crippen LogP contribution in [-0.2, 0) is 62.7 Å². The lowest BCUT2D eigenvalue weighted by atomic mass is 9.95. The van der Waals surface area contributed by atoms with E-state index in [1.54, 1.807) is 6.07 Å². The van der Waals surface area contributed by atoms with Gasteiger partial charge in [-0.3, -0.25) is 24.5 Å². The van der Waals surface area contributed by atoms with Crippen LogP contribution >= 0.6 is 0 Å². The molecule has 4 aromatic heterocycles. The molecule has 0 atom stereocenters. The third-order valence-corrected chi connectivity index (χ3v) is 11.9. The van der Waals surface area contributed by atoms with Gasteiger partial charge in [-0.2, -0.15) is 0 Å². The normalized spacial score (nSPS) is 14.2. The fraction of sp³-hybridized carbons (Fsp3) is 0.204. The number of rotatable bonds is 8. The third-order valence-electron chi connectivity index (χ3n) is 11.9. The monoisotopic (exact) mass is 812 g/mol. The Morgan fingerprint density at radius 3 is 1.92 bits per heavy atom. The molecule has 7 heterocycles. The lowest BCUT2D eigenvalue weighted by molar-refractivity contribution is -0.135. The van der Waals surface area contributed by atoms with E-state index in [9.17, 15) is 24.0 Å². The maximum Gasteiger partial charge on any atom is 0.379 e. The maximum absolute atomic E-state index is 12.7. The van der Waals surface area contributed by atoms with E-state index in [4.69, 9.17) is 5.73 Å². The van der Waals surface area contributed by atoms with Crippen LogP contribution in [0, 0.1) is 0 Å². The molecule has 0 fully saturated rings. The van der Waals surface area contributed by atoms with E-state index in [1.807, 2.05) is 48.7 Å². The Bertz CT molecular complexity index is 3100. The minimum absolute atomic E-state index is 0.225. The number of carbonyl (C=O) groups excluding carboxylic acids is 5. The van der Waals surface area contributed by atoms with Crippen molar-refractivity contribution in [2.45, 2.75) is 58.0 Å². The van der Waals surface area contributed by atoms with Gasteiger partial charge in [-0.15, -0.1) is 0 Å². The zero-order valence-corrected chi connectivity index (χ0v) is 33.7. The Labute approximate surface area is 350 Å². The molecule has 0 saturated carbocycles. The van der Waals surface area contributed by atoms with E-state index in [0.29, 0.717) is 29.6 Å². The minimum atomic E-state index is -0.847. The first kappa shape index (κ1) is 39.0. The number of benzene rings is 4. The minimum Gasteiger partial charge on any atom is -0.463 e. The first-order chi connectivity index (χ1) is 29.7. The summed E-state index contributed by atoms with van der Waals surface area (Å²) < 4.78 is 9.00. The van der Waals surface area contributed by atoms with Crippen molar-refractivity contribution < 1.29 is 28.7 Å². The van der Waals surface area contributed by atoms with Gasteiger partial charge in [0.15, 0.2) is 0 Å². The number of aromatic amines is 2. The predicted molar refractivity (Wildman–Crippen MR) is 235 cm³/mol. The SMILES string of the molecule is COC(=O)C(=O)c1c[nH]c2ccccc12.NC(=O)CCc1cn2c3c(cccc13)CCC2.O=C1NC(=O)C(c2c[nH]c3ccccc23)=C1Cc1cn2c3c(cccc13)CCC2. The van der Waals surface area contributed by atoms with Crippen molar-refractivity contribution in [3.05, 3.63) is 149 Å². The van der Waals surface area contributed by atoms with Gasteiger partial charge in [0, 0.05) is 94.4 Å². The number of hydrogen-bond donors (Lipinski definition) is 4. The molecule has 3 aliphatic heterocycles. The lowest BCUT2D eigenvalue weighted by Gasteiger charge is -2.14. The molecule has 0 saturated heterocycles. The fourth-order valence-electron chi connectivity index (χ4n) is 9.13. The zero-order valence-electron chi connectivity index (χ0n) is 33.7. The Kier molecular flexibility index (Phi) is 10.4. The number of primary amides is 1. The second-order valence-corrected chi connectivity index (χ2v) is 15.6. The molecule has 0 unspecified atom stereocenters. The van der Waals surface area contributed by atoms with E-state index >= 15 is 0 Å². The van der Waals surface area contributed by atoms with Gasteiger partial charge in [-0.1, -0.05) is 72.8 Å². The molecule has 306 valence electrons. The molecule has 3 amide bonds. The molecule has 5 N–H and O–H groups in total. The lowest BCUT2D eigenvalue weighted by Crippen LogP contribution is -2.23. The van der Waals surface area contributed by atoms with Gasteiger partial charge < -0.3 is 29.6 Å². The Morgan fingerprint density at radius 2 is 1.26 bits per heavy atom. The number of ketones is 1. The number of methoxy groups -OCH3 is 1. The van der Waals surface area contributed by atoms with Crippen LogP contribution in [0.4, 0.5) is 0 Å². The van der Waals surface area contributed by atoms with Crippen molar-refractivity contribution >= 4 is 78.7 Å². The number of fused-ring (bicyclic) bond motifs is 2. The molecule has 12 nitrogen and oxygen atoms in total. The number of hydrogen-bond acceptors (Lipinski definition) is 6. The predicted octanol–water partition coefficient (Wildman–Crippen LogP) is 7.25. The molecular formula is C49H44N6O6. The molecule has 4 aromatic carbocycles. The number of amides is 3. The van der Waals surface area contributed by atoms with Crippen LogP contribution in [0.2, 0.25) is 0 Å². The number of esters is 1. The highest BCUT2D eigenvalue weighted by Crippen LogP contribution is 2.36. The van der Waals surface area contributed by atoms with E-state index in [0.717, 1.165) is 71.7 Å². The van der Waals surface area contributed by atoms with Crippen molar-refractivity contribution in [2.24, 2.45) is 5.73 Å². The van der Waals surface area contributed by atoms with Crippen LogP contribution in [0.1, 0.15) is 57.4 Å². The summed E-state index contributed by atoms with van der Waals surface area (Å²) in [6, 6.07) is 28.0. The number of nitrogens with one attached hydrogen (secondary N) is 3. The fourth-order valence-corrected chi connectivity index (χ4v) is 9.13. The summed E-state index contributed by atoms with van der Waals surface area (Å²) in [5.41, 5.74) is 16.9. The summed E-state index contributed by atoms with van der Waals surface area (Å²) in [5, 5.41) is 6.67. The molecule has 61 heavy (non-hydrogen) atoms. The van der Waals surface area contributed by atoms with Gasteiger partial charge in [-0.05, 0) is 66.5 Å². The van der Waals surface area contributed by atoms with Crippen molar-refractivity contribution in [2.75, 3.05) is 7.11 Å². The Hall–Kier alpha value is -7.47. The number of para-hydroxylation sites is 4. The summed E-state index contributed by atoms with van der Waals surface area (Å²) in [4.78, 5) is 65.1. The number of Topliss-reactive ketones (excluding diaryl/α,β-unsaturated/α-hetero) is 1. The average molecular weight is 813 g/mol. The standard InChI is InChI=1S/C24H19N3O2.C14H16N2O.C11H9NO3/c28-23-18(11-15-13-27-10-4-6-14-5-3-8-16(15)22(14)27)21(24(29)26-23)19-12-25-20-9-2-1-7-17(19)20;15-13(17)7-6-11-9-16-8-2-4-10-3-1-5-12(11)14(10)16;1-15-11(14)10(13)8-6-12-9-5-3-2-4-7(8)9/h1-3,5,7-9,12-13,25H,4,6,10-11H2,(H,26,28,29);1,3,5,9H,2,4,6-8H2,(H2,15,17);2-6,12H,1H3. The second kappa shape index (κ2) is 16.3. The van der Waals surface area contributed by atoms with Crippen LogP contribution < -0.4 is 11.1 Å². The quantitative estimate of drug-likeness (QED) is 0.0544. The Balaban J connectivity index is 0.000000127. The van der Waals surface area contributed by atoms with Gasteiger partial charge in [0.2, 0.25) is 5.91 Å². The van der Waals surface area contributed by atoms with Crippen LogP contribution in [0.15, 0.2) is 115 Å². The molecule has 0 bridgehead atoms. The summed E-state index contributed by atoms with van der Waals surface area (Å²) in [7, 11) is 1.19. The Morgan fingerprint density at radius 1 is 0.689 bits per heavy atom. The molecule has 0 aliphatic carbocycles. The van der Waals surface area contributed by atoms with E-state index in [1.165, 1.54) is 58.2 Å². The summed E-state index contributed by atoms with van der Waals surface area (Å²) in [5.74, 6) is -2.31. The van der Waals surface area contributed by atoms with Crippen molar-refractivity contribution in [1.29, 1.82) is 0 Å². The summed E-state index contributed by atoms with van der Waals surface area (Å²) in [6.07, 6.45) is 13.9. The number of imide groups is 1. The molecular weight excluding hydrogens is 769 g/mol. The number of nitrogens with zero attached hydrogens (tertiary/aromatic N) is 2.